The van der Waals surface area contributed by atoms with Gasteiger partial charge in [0.2, 0.25) is 5.91 Å². The van der Waals surface area contributed by atoms with E-state index in [1.807, 2.05) is 18.2 Å². The summed E-state index contributed by atoms with van der Waals surface area (Å²) in [7, 11) is 0. The van der Waals surface area contributed by atoms with Gasteiger partial charge in [-0.3, -0.25) is 4.79 Å². The van der Waals surface area contributed by atoms with Crippen LogP contribution in [-0.4, -0.2) is 80.7 Å². The molecule has 1 amide bonds. The van der Waals surface area contributed by atoms with Crippen LogP contribution in [0.3, 0.4) is 0 Å². The Balaban J connectivity index is 1.53. The Hall–Kier alpha value is -1.55. The topological polar surface area (TPSA) is 139 Å². The lowest BCUT2D eigenvalue weighted by molar-refractivity contribution is -0.232. The fraction of sp³-hybridized carbons (Fsp3) is 0.844. The molecule has 308 valence electrons. The number of amides is 1. The van der Waals surface area contributed by atoms with Crippen LogP contribution >= 0.6 is 0 Å². The quantitative estimate of drug-likeness (QED) is 0.0387. The van der Waals surface area contributed by atoms with Gasteiger partial charge in [0.05, 0.1) is 24.9 Å². The highest BCUT2D eigenvalue weighted by Crippen LogP contribution is 2.26. The first-order valence-electron chi connectivity index (χ1n) is 22.2. The van der Waals surface area contributed by atoms with Gasteiger partial charge in [0.25, 0.3) is 0 Å². The largest absolute Gasteiger partial charge is 0.394 e. The number of benzene rings is 1. The lowest BCUT2D eigenvalue weighted by atomic mass is 9.89. The molecule has 0 aromatic heterocycles. The average Bonchev–Trinajstić information content (AvgIpc) is 3.17. The average molecular weight is 748 g/mol. The number of unbranched alkanes of at least 4 members (excludes halogenated alkanes) is 23. The molecular formula is C45H81NO7. The van der Waals surface area contributed by atoms with E-state index in [1.54, 1.807) is 0 Å². The van der Waals surface area contributed by atoms with Gasteiger partial charge in [-0.1, -0.05) is 185 Å². The van der Waals surface area contributed by atoms with Gasteiger partial charge in [-0.2, -0.15) is 0 Å². The molecule has 1 fully saturated rings. The Bertz CT molecular complexity index is 979. The molecule has 1 aromatic carbocycles. The molecule has 1 aliphatic heterocycles. The molecular weight excluding hydrogens is 666 g/mol. The predicted octanol–water partition coefficient (Wildman–Crippen LogP) is 8.86. The first-order chi connectivity index (χ1) is 25.9. The van der Waals surface area contributed by atoms with Gasteiger partial charge in [0.15, 0.2) is 0 Å². The second kappa shape index (κ2) is 31.6. The second-order valence-corrected chi connectivity index (χ2v) is 16.1. The van der Waals surface area contributed by atoms with Crippen LogP contribution in [0, 0.1) is 0 Å². The fourth-order valence-electron chi connectivity index (χ4n) is 7.81. The SMILES string of the molecule is CCCCCCCCCCCCCCCCCCCCCCCCCC(=O)N[C@@H](C[C@H]1O[C@H](CO)[C@H](O)[C@H](O)[C@H]1O)[C@H](O)CCCCc1ccccc1. The third-order valence-electron chi connectivity index (χ3n) is 11.4. The van der Waals surface area contributed by atoms with Gasteiger partial charge >= 0.3 is 0 Å². The van der Waals surface area contributed by atoms with E-state index in [0.29, 0.717) is 12.8 Å². The van der Waals surface area contributed by atoms with Crippen LogP contribution in [-0.2, 0) is 16.0 Å². The van der Waals surface area contributed by atoms with Gasteiger partial charge < -0.3 is 35.6 Å². The van der Waals surface area contributed by atoms with Crippen LogP contribution in [0.2, 0.25) is 0 Å². The van der Waals surface area contributed by atoms with Crippen molar-refractivity contribution in [3.8, 4) is 0 Å². The third kappa shape index (κ3) is 22.6. The molecule has 2 rings (SSSR count). The van der Waals surface area contributed by atoms with Crippen LogP contribution in [0.15, 0.2) is 30.3 Å². The van der Waals surface area contributed by atoms with Crippen molar-refractivity contribution in [1.29, 1.82) is 0 Å². The highest BCUT2D eigenvalue weighted by atomic mass is 16.5. The molecule has 7 atom stereocenters. The van der Waals surface area contributed by atoms with Crippen LogP contribution < -0.4 is 5.32 Å². The van der Waals surface area contributed by atoms with Gasteiger partial charge in [0, 0.05) is 6.42 Å². The van der Waals surface area contributed by atoms with E-state index in [0.717, 1.165) is 38.5 Å². The summed E-state index contributed by atoms with van der Waals surface area (Å²) in [6.45, 7) is 1.77. The maximum Gasteiger partial charge on any atom is 0.220 e. The molecule has 1 aliphatic rings. The van der Waals surface area contributed by atoms with E-state index in [-0.39, 0.29) is 12.3 Å². The van der Waals surface area contributed by atoms with Crippen molar-refractivity contribution in [3.05, 3.63) is 35.9 Å². The van der Waals surface area contributed by atoms with Crippen LogP contribution in [0.25, 0.3) is 0 Å². The van der Waals surface area contributed by atoms with Gasteiger partial charge in [-0.25, -0.2) is 0 Å². The zero-order valence-electron chi connectivity index (χ0n) is 33.7. The molecule has 8 nitrogen and oxygen atoms in total. The van der Waals surface area contributed by atoms with Crippen molar-refractivity contribution in [1.82, 2.24) is 5.32 Å². The molecule has 0 spiro atoms. The van der Waals surface area contributed by atoms with Crippen molar-refractivity contribution in [2.24, 2.45) is 0 Å². The minimum absolute atomic E-state index is 0.0619. The highest BCUT2D eigenvalue weighted by Gasteiger charge is 2.44. The summed E-state index contributed by atoms with van der Waals surface area (Å²) in [6.07, 6.45) is 26.8. The van der Waals surface area contributed by atoms with E-state index in [1.165, 1.54) is 134 Å². The minimum Gasteiger partial charge on any atom is -0.394 e. The summed E-state index contributed by atoms with van der Waals surface area (Å²) in [4.78, 5) is 13.0. The zero-order chi connectivity index (χ0) is 38.4. The van der Waals surface area contributed by atoms with Crippen molar-refractivity contribution in [2.45, 2.75) is 236 Å². The number of rotatable bonds is 34. The molecule has 6 N–H and O–H groups in total. The van der Waals surface area contributed by atoms with E-state index in [9.17, 15) is 30.3 Å². The molecule has 1 heterocycles. The predicted molar refractivity (Wildman–Crippen MR) is 217 cm³/mol. The number of carbonyl (C=O) groups excluding carboxylic acids is 1. The number of hydrogen-bond donors (Lipinski definition) is 6. The number of aliphatic hydroxyl groups is 5. The molecule has 1 saturated heterocycles. The number of carbonyl (C=O) groups is 1. The first-order valence-corrected chi connectivity index (χ1v) is 22.2. The van der Waals surface area contributed by atoms with Crippen LogP contribution in [0.4, 0.5) is 0 Å². The Morgan fingerprint density at radius 1 is 0.623 bits per heavy atom. The van der Waals surface area contributed by atoms with E-state index in [2.05, 4.69) is 24.4 Å². The van der Waals surface area contributed by atoms with E-state index in [4.69, 9.17) is 4.74 Å². The summed E-state index contributed by atoms with van der Waals surface area (Å²) in [6, 6.07) is 9.49. The summed E-state index contributed by atoms with van der Waals surface area (Å²) in [5, 5.41) is 54.8. The number of aliphatic hydroxyl groups excluding tert-OH is 5. The highest BCUT2D eigenvalue weighted by molar-refractivity contribution is 5.76. The molecule has 0 radical (unpaired) electrons. The summed E-state index contributed by atoms with van der Waals surface area (Å²) >= 11 is 0. The molecule has 8 heteroatoms. The van der Waals surface area contributed by atoms with Crippen LogP contribution in [0.5, 0.6) is 0 Å². The summed E-state index contributed by atoms with van der Waals surface area (Å²) < 4.78 is 5.72. The lowest BCUT2D eigenvalue weighted by Gasteiger charge is -2.41. The molecule has 53 heavy (non-hydrogen) atoms. The van der Waals surface area contributed by atoms with Crippen molar-refractivity contribution in [2.75, 3.05) is 6.61 Å². The van der Waals surface area contributed by atoms with Gasteiger partial charge in [0.1, 0.15) is 24.4 Å². The molecule has 0 bridgehead atoms. The fourth-order valence-corrected chi connectivity index (χ4v) is 7.81. The summed E-state index contributed by atoms with van der Waals surface area (Å²) in [5.74, 6) is -0.147. The third-order valence-corrected chi connectivity index (χ3v) is 11.4. The monoisotopic (exact) mass is 748 g/mol. The van der Waals surface area contributed by atoms with Crippen molar-refractivity contribution >= 4 is 5.91 Å². The number of hydrogen-bond acceptors (Lipinski definition) is 7. The molecule has 0 unspecified atom stereocenters. The molecule has 0 saturated carbocycles. The number of ether oxygens (including phenoxy) is 1. The first kappa shape index (κ1) is 47.6. The van der Waals surface area contributed by atoms with Crippen molar-refractivity contribution < 1.29 is 35.1 Å². The number of nitrogens with one attached hydrogen (secondary N) is 1. The Morgan fingerprint density at radius 2 is 1.08 bits per heavy atom. The Kier molecular flexibility index (Phi) is 28.4. The Morgan fingerprint density at radius 3 is 1.55 bits per heavy atom. The number of aryl methyl sites for hydroxylation is 1. The summed E-state index contributed by atoms with van der Waals surface area (Å²) in [5.41, 5.74) is 1.24. The van der Waals surface area contributed by atoms with Gasteiger partial charge in [-0.15, -0.1) is 0 Å². The minimum atomic E-state index is -1.49. The lowest BCUT2D eigenvalue weighted by Crippen LogP contribution is -2.60. The van der Waals surface area contributed by atoms with E-state index >= 15 is 0 Å². The maximum absolute atomic E-state index is 13.0. The van der Waals surface area contributed by atoms with E-state index < -0.39 is 49.3 Å². The zero-order valence-corrected chi connectivity index (χ0v) is 33.7. The van der Waals surface area contributed by atoms with Crippen LogP contribution in [0.1, 0.15) is 192 Å². The van der Waals surface area contributed by atoms with Crippen molar-refractivity contribution in [3.63, 3.8) is 0 Å². The maximum atomic E-state index is 13.0. The Labute approximate surface area is 323 Å². The molecule has 0 aliphatic carbocycles. The van der Waals surface area contributed by atoms with Gasteiger partial charge in [-0.05, 0) is 37.7 Å². The second-order valence-electron chi connectivity index (χ2n) is 16.1. The smallest absolute Gasteiger partial charge is 0.220 e. The standard InChI is InChI=1S/C45H81NO7/c1-2-3-4-5-6-7-8-9-10-11-12-13-14-15-16-17-18-19-20-21-22-23-27-34-42(49)46-38(35-40-43(50)45(52)44(51)41(36-47)53-40)39(48)33-29-28-32-37-30-25-24-26-31-37/h24-26,30-31,38-41,43-45,47-48,50-52H,2-23,27-29,32-36H2,1H3,(H,46,49)/t38-,39+,40+,41+,43-,44-,45+/m0/s1. The normalized spacial score (nSPS) is 21.4. The molecule has 1 aromatic rings.